The number of nitro groups is 1. The Morgan fingerprint density at radius 3 is 2.67 bits per heavy atom. The molecule has 0 radical (unpaired) electrons. The highest BCUT2D eigenvalue weighted by atomic mass is 16.6. The Balaban J connectivity index is 2.69. The Hall–Kier alpha value is -2.50. The number of nitrogens with one attached hydrogen (secondary N) is 1. The van der Waals surface area contributed by atoms with Gasteiger partial charge in [0.05, 0.1) is 24.7 Å². The summed E-state index contributed by atoms with van der Waals surface area (Å²) in [6.07, 6.45) is 4.03. The number of aromatic amines is 1. The van der Waals surface area contributed by atoms with Crippen molar-refractivity contribution >= 4 is 17.0 Å². The molecule has 6 heteroatoms. The average molecular weight is 248 g/mol. The third-order valence-corrected chi connectivity index (χ3v) is 2.61. The fraction of sp³-hybridized carbons (Fsp3) is 0.167. The summed E-state index contributed by atoms with van der Waals surface area (Å²) in [5.74, 6) is 1.17. The highest BCUT2D eigenvalue weighted by molar-refractivity contribution is 5.95. The lowest BCUT2D eigenvalue weighted by atomic mass is 10.1. The van der Waals surface area contributed by atoms with Crippen LogP contribution in [-0.4, -0.2) is 24.1 Å². The molecule has 0 fully saturated rings. The summed E-state index contributed by atoms with van der Waals surface area (Å²) in [6, 6.07) is 3.55. The van der Waals surface area contributed by atoms with Gasteiger partial charge in [-0.15, -0.1) is 0 Å². The molecule has 0 saturated heterocycles. The van der Waals surface area contributed by atoms with E-state index in [-0.39, 0.29) is 0 Å². The molecular weight excluding hydrogens is 236 g/mol. The van der Waals surface area contributed by atoms with Crippen LogP contribution in [0, 0.1) is 10.1 Å². The number of benzene rings is 1. The molecule has 0 amide bonds. The number of H-pyrrole nitrogens is 1. The molecule has 18 heavy (non-hydrogen) atoms. The van der Waals surface area contributed by atoms with Crippen LogP contribution in [0.25, 0.3) is 17.0 Å². The van der Waals surface area contributed by atoms with E-state index in [0.717, 1.165) is 17.1 Å². The maximum absolute atomic E-state index is 10.4. The lowest BCUT2D eigenvalue weighted by molar-refractivity contribution is -0.400. The molecule has 6 nitrogen and oxygen atoms in total. The maximum atomic E-state index is 10.4. The Morgan fingerprint density at radius 1 is 1.33 bits per heavy atom. The molecule has 1 aromatic heterocycles. The van der Waals surface area contributed by atoms with Gasteiger partial charge in [-0.3, -0.25) is 10.1 Å². The van der Waals surface area contributed by atoms with Gasteiger partial charge in [0.25, 0.3) is 0 Å². The second-order valence-corrected chi connectivity index (χ2v) is 3.56. The normalized spacial score (nSPS) is 11.0. The lowest BCUT2D eigenvalue weighted by Gasteiger charge is -2.09. The van der Waals surface area contributed by atoms with Crippen LogP contribution >= 0.6 is 0 Å². The largest absolute Gasteiger partial charge is 0.496 e. The molecule has 1 N–H and O–H groups in total. The van der Waals surface area contributed by atoms with Crippen LogP contribution in [0.15, 0.2) is 24.5 Å². The van der Waals surface area contributed by atoms with Crippen LogP contribution in [-0.2, 0) is 0 Å². The predicted octanol–water partition coefficient (Wildman–Crippen LogP) is 2.43. The Morgan fingerprint density at radius 2 is 2.06 bits per heavy atom. The molecule has 2 aromatic rings. The van der Waals surface area contributed by atoms with E-state index in [1.165, 1.54) is 13.2 Å². The average Bonchev–Trinajstić information content (AvgIpc) is 2.84. The Bertz CT molecular complexity index is 616. The molecule has 94 valence electrons. The monoisotopic (exact) mass is 248 g/mol. The molecule has 1 aromatic carbocycles. The summed E-state index contributed by atoms with van der Waals surface area (Å²) in [5, 5.41) is 11.3. The van der Waals surface area contributed by atoms with Crippen LogP contribution in [0.5, 0.6) is 11.5 Å². The minimum atomic E-state index is -0.515. The zero-order chi connectivity index (χ0) is 13.1. The van der Waals surface area contributed by atoms with Gasteiger partial charge in [0.2, 0.25) is 6.20 Å². The predicted molar refractivity (Wildman–Crippen MR) is 67.4 cm³/mol. The first kappa shape index (κ1) is 12.0. The molecule has 0 spiro atoms. The van der Waals surface area contributed by atoms with Gasteiger partial charge >= 0.3 is 0 Å². The molecule has 0 unspecified atom stereocenters. The van der Waals surface area contributed by atoms with Crippen LogP contribution in [0.2, 0.25) is 0 Å². The van der Waals surface area contributed by atoms with E-state index in [2.05, 4.69) is 4.98 Å². The summed E-state index contributed by atoms with van der Waals surface area (Å²) >= 11 is 0. The molecule has 0 bridgehead atoms. The van der Waals surface area contributed by atoms with Crippen molar-refractivity contribution in [2.24, 2.45) is 0 Å². The molecule has 0 atom stereocenters. The highest BCUT2D eigenvalue weighted by Gasteiger charge is 2.13. The minimum absolute atomic E-state index is 0.514. The molecule has 0 aliphatic rings. The van der Waals surface area contributed by atoms with Crippen LogP contribution < -0.4 is 9.47 Å². The van der Waals surface area contributed by atoms with Gasteiger partial charge in [-0.1, -0.05) is 0 Å². The van der Waals surface area contributed by atoms with Crippen LogP contribution in [0.4, 0.5) is 0 Å². The maximum Gasteiger partial charge on any atom is 0.235 e. The standard InChI is InChI=1S/C12H12N2O4/c1-17-10-7-11(18-2)9(4-6-14(15)16)12-8(10)3-5-13-12/h3-7,13H,1-2H3/b6-4+. The number of rotatable bonds is 4. The third kappa shape index (κ3) is 2.00. The topological polar surface area (TPSA) is 77.4 Å². The van der Waals surface area contributed by atoms with Crippen molar-refractivity contribution in [2.75, 3.05) is 14.2 Å². The van der Waals surface area contributed by atoms with E-state index in [4.69, 9.17) is 9.47 Å². The van der Waals surface area contributed by atoms with Crippen molar-refractivity contribution < 1.29 is 14.4 Å². The van der Waals surface area contributed by atoms with Gasteiger partial charge in [0.1, 0.15) is 11.5 Å². The zero-order valence-corrected chi connectivity index (χ0v) is 9.97. The number of fused-ring (bicyclic) bond motifs is 1. The number of hydrogen-bond donors (Lipinski definition) is 1. The van der Waals surface area contributed by atoms with Crippen LogP contribution in [0.3, 0.4) is 0 Å². The van der Waals surface area contributed by atoms with Crippen molar-refractivity contribution in [3.63, 3.8) is 0 Å². The fourth-order valence-corrected chi connectivity index (χ4v) is 1.83. The van der Waals surface area contributed by atoms with E-state index in [1.807, 2.05) is 6.07 Å². The van der Waals surface area contributed by atoms with Gasteiger partial charge in [-0.25, -0.2) is 0 Å². The minimum Gasteiger partial charge on any atom is -0.496 e. The Labute approximate surface area is 103 Å². The number of nitrogens with zero attached hydrogens (tertiary/aromatic N) is 1. The summed E-state index contributed by atoms with van der Waals surface area (Å²) in [7, 11) is 3.07. The SMILES string of the molecule is COc1cc(OC)c2cc[nH]c2c1/C=C/[N+](=O)[O-]. The number of hydrogen-bond acceptors (Lipinski definition) is 4. The van der Waals surface area contributed by atoms with Gasteiger partial charge in [0.15, 0.2) is 0 Å². The van der Waals surface area contributed by atoms with Crippen molar-refractivity contribution in [2.45, 2.75) is 0 Å². The van der Waals surface area contributed by atoms with Gasteiger partial charge in [-0.2, -0.15) is 0 Å². The summed E-state index contributed by atoms with van der Waals surface area (Å²) in [4.78, 5) is 12.9. The molecular formula is C12H12N2O4. The van der Waals surface area contributed by atoms with E-state index in [1.54, 1.807) is 19.4 Å². The third-order valence-electron chi connectivity index (χ3n) is 2.61. The second-order valence-electron chi connectivity index (χ2n) is 3.56. The van der Waals surface area contributed by atoms with Gasteiger partial charge in [0, 0.05) is 29.3 Å². The van der Waals surface area contributed by atoms with Crippen molar-refractivity contribution in [3.05, 3.63) is 40.2 Å². The van der Waals surface area contributed by atoms with Crippen LogP contribution in [0.1, 0.15) is 5.56 Å². The first-order chi connectivity index (χ1) is 8.67. The van der Waals surface area contributed by atoms with E-state index >= 15 is 0 Å². The molecule has 0 aliphatic carbocycles. The van der Waals surface area contributed by atoms with Gasteiger partial charge in [-0.05, 0) is 6.07 Å². The fourth-order valence-electron chi connectivity index (χ4n) is 1.83. The molecule has 0 saturated carbocycles. The van der Waals surface area contributed by atoms with Gasteiger partial charge < -0.3 is 14.5 Å². The first-order valence-electron chi connectivity index (χ1n) is 5.21. The zero-order valence-electron chi connectivity index (χ0n) is 9.97. The second kappa shape index (κ2) is 4.79. The number of methoxy groups -OCH3 is 2. The smallest absolute Gasteiger partial charge is 0.235 e. The lowest BCUT2D eigenvalue weighted by Crippen LogP contribution is -1.93. The number of ether oxygens (including phenoxy) is 2. The summed E-state index contributed by atoms with van der Waals surface area (Å²) < 4.78 is 10.5. The quantitative estimate of drug-likeness (QED) is 0.665. The number of aromatic nitrogens is 1. The highest BCUT2D eigenvalue weighted by Crippen LogP contribution is 2.35. The first-order valence-corrected chi connectivity index (χ1v) is 5.21. The molecule has 1 heterocycles. The summed E-state index contributed by atoms with van der Waals surface area (Å²) in [6.45, 7) is 0. The van der Waals surface area contributed by atoms with E-state index in [0.29, 0.717) is 17.1 Å². The van der Waals surface area contributed by atoms with E-state index in [9.17, 15) is 10.1 Å². The van der Waals surface area contributed by atoms with Crippen molar-refractivity contribution in [1.82, 2.24) is 4.98 Å². The molecule has 0 aliphatic heterocycles. The Kier molecular flexibility index (Phi) is 3.18. The van der Waals surface area contributed by atoms with E-state index < -0.39 is 4.92 Å². The molecule has 2 rings (SSSR count). The summed E-state index contributed by atoms with van der Waals surface area (Å²) in [5.41, 5.74) is 1.36. The van der Waals surface area contributed by atoms with Crippen molar-refractivity contribution in [3.8, 4) is 11.5 Å². The van der Waals surface area contributed by atoms with Crippen molar-refractivity contribution in [1.29, 1.82) is 0 Å².